The van der Waals surface area contributed by atoms with Crippen molar-refractivity contribution in [3.63, 3.8) is 0 Å². The molecule has 2 fully saturated rings. The fourth-order valence-electron chi connectivity index (χ4n) is 3.33. The number of carbonyl (C=O) groups excluding carboxylic acids is 1. The number of para-hydroxylation sites is 1. The summed E-state index contributed by atoms with van der Waals surface area (Å²) in [5.74, 6) is 0.762. The number of rotatable bonds is 3. The maximum absolute atomic E-state index is 12.5. The minimum Gasteiger partial charge on any atom is -0.398 e. The van der Waals surface area contributed by atoms with Crippen LogP contribution >= 0.6 is 24.8 Å². The lowest BCUT2D eigenvalue weighted by atomic mass is 9.95. The molecule has 1 aromatic rings. The third-order valence-electron chi connectivity index (χ3n) is 4.71. The zero-order valence-corrected chi connectivity index (χ0v) is 15.5. The first-order valence-corrected chi connectivity index (χ1v) is 8.18. The molecule has 2 aliphatic heterocycles. The maximum atomic E-state index is 12.5. The summed E-state index contributed by atoms with van der Waals surface area (Å²) in [6, 6.07) is 7.34. The number of nitrogens with zero attached hydrogens (tertiary/aromatic N) is 2. The van der Waals surface area contributed by atoms with Crippen LogP contribution in [0.2, 0.25) is 0 Å². The van der Waals surface area contributed by atoms with Crippen molar-refractivity contribution in [2.75, 3.05) is 51.7 Å². The normalized spacial score (nSPS) is 19.2. The molecule has 0 aliphatic carbocycles. The molecule has 0 aromatic heterocycles. The van der Waals surface area contributed by atoms with Gasteiger partial charge in [-0.25, -0.2) is 0 Å². The van der Waals surface area contributed by atoms with Gasteiger partial charge < -0.3 is 15.4 Å². The highest BCUT2D eigenvalue weighted by Gasteiger charge is 2.26. The van der Waals surface area contributed by atoms with E-state index >= 15 is 0 Å². The Morgan fingerprint density at radius 2 is 1.71 bits per heavy atom. The van der Waals surface area contributed by atoms with E-state index < -0.39 is 0 Å². The minimum absolute atomic E-state index is 0. The number of benzene rings is 1. The number of hydrogen-bond acceptors (Lipinski definition) is 4. The quantitative estimate of drug-likeness (QED) is 0.823. The van der Waals surface area contributed by atoms with Crippen LogP contribution in [0, 0.1) is 5.92 Å². The molecule has 136 valence electrons. The highest BCUT2D eigenvalue weighted by molar-refractivity contribution is 5.99. The summed E-state index contributed by atoms with van der Waals surface area (Å²) < 4.78 is 5.39. The summed E-state index contributed by atoms with van der Waals surface area (Å²) in [6.07, 6.45) is 2.16. The second-order valence-electron chi connectivity index (χ2n) is 6.24. The van der Waals surface area contributed by atoms with E-state index in [1.165, 1.54) is 0 Å². The van der Waals surface area contributed by atoms with Crippen LogP contribution in [-0.4, -0.2) is 61.6 Å². The van der Waals surface area contributed by atoms with E-state index in [2.05, 4.69) is 4.90 Å². The van der Waals surface area contributed by atoms with Gasteiger partial charge in [0.1, 0.15) is 0 Å². The molecule has 2 N–H and O–H groups in total. The molecule has 5 nitrogen and oxygen atoms in total. The number of likely N-dealkylation sites (tertiary alicyclic amines) is 1. The van der Waals surface area contributed by atoms with Crippen LogP contribution in [0.5, 0.6) is 0 Å². The lowest BCUT2D eigenvalue weighted by Gasteiger charge is -2.36. The molecule has 2 saturated heterocycles. The Balaban J connectivity index is 0.00000144. The fraction of sp³-hybridized carbons (Fsp3) is 0.588. The Labute approximate surface area is 156 Å². The van der Waals surface area contributed by atoms with Crippen molar-refractivity contribution in [3.05, 3.63) is 29.8 Å². The van der Waals surface area contributed by atoms with Crippen LogP contribution < -0.4 is 5.73 Å². The third kappa shape index (κ3) is 5.24. The van der Waals surface area contributed by atoms with E-state index in [1.54, 1.807) is 6.07 Å². The van der Waals surface area contributed by atoms with Crippen LogP contribution in [0.15, 0.2) is 24.3 Å². The van der Waals surface area contributed by atoms with E-state index in [0.29, 0.717) is 17.2 Å². The second kappa shape index (κ2) is 10.1. The number of ether oxygens (including phenoxy) is 1. The smallest absolute Gasteiger partial charge is 0.255 e. The van der Waals surface area contributed by atoms with Crippen molar-refractivity contribution in [2.45, 2.75) is 12.8 Å². The first-order chi connectivity index (χ1) is 10.7. The molecule has 0 saturated carbocycles. The van der Waals surface area contributed by atoms with Gasteiger partial charge in [-0.05, 0) is 30.9 Å². The zero-order valence-electron chi connectivity index (χ0n) is 13.9. The summed E-state index contributed by atoms with van der Waals surface area (Å²) in [5.41, 5.74) is 7.12. The molecule has 1 aromatic carbocycles. The van der Waals surface area contributed by atoms with Crippen LogP contribution in [0.25, 0.3) is 0 Å². The van der Waals surface area contributed by atoms with Gasteiger partial charge in [0.25, 0.3) is 5.91 Å². The number of morpholine rings is 1. The molecular weight excluding hydrogens is 349 g/mol. The topological polar surface area (TPSA) is 58.8 Å². The molecule has 0 spiro atoms. The Kier molecular flexibility index (Phi) is 8.84. The second-order valence-corrected chi connectivity index (χ2v) is 6.24. The molecule has 2 heterocycles. The Morgan fingerprint density at radius 3 is 2.33 bits per heavy atom. The number of anilines is 1. The van der Waals surface area contributed by atoms with Crippen molar-refractivity contribution in [3.8, 4) is 0 Å². The molecule has 2 aliphatic rings. The zero-order chi connectivity index (χ0) is 15.4. The first kappa shape index (κ1) is 21.0. The molecule has 0 bridgehead atoms. The predicted molar refractivity (Wildman–Crippen MR) is 101 cm³/mol. The van der Waals surface area contributed by atoms with Crippen molar-refractivity contribution in [1.82, 2.24) is 9.80 Å². The SMILES string of the molecule is Cl.Cl.Nc1ccccc1C(=O)N1CCC(CN2CCOCC2)CC1. The van der Waals surface area contributed by atoms with Crippen molar-refractivity contribution in [1.29, 1.82) is 0 Å². The van der Waals surface area contributed by atoms with Crippen LogP contribution in [0.3, 0.4) is 0 Å². The lowest BCUT2D eigenvalue weighted by molar-refractivity contribution is 0.0243. The van der Waals surface area contributed by atoms with Crippen LogP contribution in [0.4, 0.5) is 5.69 Å². The summed E-state index contributed by atoms with van der Waals surface area (Å²) in [4.78, 5) is 17.0. The average molecular weight is 376 g/mol. The molecule has 7 heteroatoms. The van der Waals surface area contributed by atoms with E-state index in [9.17, 15) is 4.79 Å². The number of piperidine rings is 1. The summed E-state index contributed by atoms with van der Waals surface area (Å²) in [5, 5.41) is 0. The van der Waals surface area contributed by atoms with Gasteiger partial charge in [-0.15, -0.1) is 24.8 Å². The van der Waals surface area contributed by atoms with Gasteiger partial charge in [0, 0.05) is 38.4 Å². The summed E-state index contributed by atoms with van der Waals surface area (Å²) in [7, 11) is 0. The van der Waals surface area contributed by atoms with Gasteiger partial charge in [0.2, 0.25) is 0 Å². The Hall–Kier alpha value is -1.01. The van der Waals surface area contributed by atoms with Gasteiger partial charge in [0.15, 0.2) is 0 Å². The number of nitrogen functional groups attached to an aromatic ring is 1. The summed E-state index contributed by atoms with van der Waals surface area (Å²) >= 11 is 0. The highest BCUT2D eigenvalue weighted by Crippen LogP contribution is 2.22. The fourth-order valence-corrected chi connectivity index (χ4v) is 3.33. The molecule has 24 heavy (non-hydrogen) atoms. The van der Waals surface area contributed by atoms with Crippen molar-refractivity contribution >= 4 is 36.4 Å². The molecule has 3 rings (SSSR count). The maximum Gasteiger partial charge on any atom is 0.255 e. The van der Waals surface area contributed by atoms with E-state index in [0.717, 1.165) is 58.8 Å². The number of amides is 1. The predicted octanol–water partition coefficient (Wildman–Crippen LogP) is 2.30. The number of nitrogens with two attached hydrogens (primary N) is 1. The van der Waals surface area contributed by atoms with Gasteiger partial charge >= 0.3 is 0 Å². The number of halogens is 2. The number of carbonyl (C=O) groups is 1. The standard InChI is InChI=1S/C17H25N3O2.2ClH/c18-16-4-2-1-3-15(16)17(21)20-7-5-14(6-8-20)13-19-9-11-22-12-10-19;;/h1-4,14H,5-13,18H2;2*1H. The molecule has 1 amide bonds. The molecular formula is C17H27Cl2N3O2. The lowest BCUT2D eigenvalue weighted by Crippen LogP contribution is -2.44. The van der Waals surface area contributed by atoms with Crippen LogP contribution in [-0.2, 0) is 4.74 Å². The average Bonchev–Trinajstić information content (AvgIpc) is 2.56. The van der Waals surface area contributed by atoms with Gasteiger partial charge in [-0.2, -0.15) is 0 Å². The third-order valence-corrected chi connectivity index (χ3v) is 4.71. The van der Waals surface area contributed by atoms with Crippen molar-refractivity contribution in [2.24, 2.45) is 5.92 Å². The highest BCUT2D eigenvalue weighted by atomic mass is 35.5. The van der Waals surface area contributed by atoms with Crippen LogP contribution in [0.1, 0.15) is 23.2 Å². The summed E-state index contributed by atoms with van der Waals surface area (Å²) in [6.45, 7) is 6.60. The Bertz CT molecular complexity index is 516. The number of hydrogen-bond donors (Lipinski definition) is 1. The minimum atomic E-state index is 0. The van der Waals surface area contributed by atoms with Gasteiger partial charge in [0.05, 0.1) is 18.8 Å². The van der Waals surface area contributed by atoms with E-state index in [4.69, 9.17) is 10.5 Å². The molecule has 0 atom stereocenters. The Morgan fingerprint density at radius 1 is 1.08 bits per heavy atom. The largest absolute Gasteiger partial charge is 0.398 e. The van der Waals surface area contributed by atoms with E-state index in [-0.39, 0.29) is 30.7 Å². The van der Waals surface area contributed by atoms with Crippen molar-refractivity contribution < 1.29 is 9.53 Å². The first-order valence-electron chi connectivity index (χ1n) is 8.18. The monoisotopic (exact) mass is 375 g/mol. The van der Waals surface area contributed by atoms with Gasteiger partial charge in [-0.1, -0.05) is 12.1 Å². The molecule has 0 radical (unpaired) electrons. The molecule has 0 unspecified atom stereocenters. The van der Waals surface area contributed by atoms with E-state index in [1.807, 2.05) is 23.1 Å². The van der Waals surface area contributed by atoms with Gasteiger partial charge in [-0.3, -0.25) is 9.69 Å².